The van der Waals surface area contributed by atoms with E-state index in [2.05, 4.69) is 5.32 Å². The smallest absolute Gasteiger partial charge is 0.325 e. The van der Waals surface area contributed by atoms with Gasteiger partial charge in [0.2, 0.25) is 0 Å². The van der Waals surface area contributed by atoms with E-state index in [4.69, 9.17) is 0 Å². The maximum absolute atomic E-state index is 12.0. The quantitative estimate of drug-likeness (QED) is 0.799. The van der Waals surface area contributed by atoms with Crippen LogP contribution in [0, 0.1) is 0 Å². The van der Waals surface area contributed by atoms with Gasteiger partial charge >= 0.3 is 6.03 Å². The van der Waals surface area contributed by atoms with Gasteiger partial charge in [0, 0.05) is 18.4 Å². The van der Waals surface area contributed by atoms with Crippen LogP contribution in [0.3, 0.4) is 0 Å². The number of hydrogen-bond donors (Lipinski definition) is 1. The summed E-state index contributed by atoms with van der Waals surface area (Å²) < 4.78 is 1.66. The molecule has 1 fully saturated rings. The zero-order valence-corrected chi connectivity index (χ0v) is 9.73. The first kappa shape index (κ1) is 10.4. The molecule has 1 N–H and O–H groups in total. The van der Waals surface area contributed by atoms with E-state index in [1.165, 1.54) is 12.8 Å². The van der Waals surface area contributed by atoms with Crippen molar-refractivity contribution in [2.24, 2.45) is 0 Å². The SMILES string of the molecule is O=C(NC1CCCC1)n1cc2ccccc2c1. The zero-order valence-electron chi connectivity index (χ0n) is 9.73. The molecule has 2 aromatic rings. The van der Waals surface area contributed by atoms with E-state index in [9.17, 15) is 4.79 Å². The number of rotatable bonds is 1. The van der Waals surface area contributed by atoms with Crippen molar-refractivity contribution in [2.75, 3.05) is 0 Å². The molecule has 1 aliphatic carbocycles. The highest BCUT2D eigenvalue weighted by molar-refractivity contribution is 5.88. The van der Waals surface area contributed by atoms with Crippen LogP contribution < -0.4 is 5.32 Å². The Morgan fingerprint density at radius 2 is 1.71 bits per heavy atom. The number of amides is 1. The third-order valence-corrected chi connectivity index (χ3v) is 3.47. The predicted octanol–water partition coefficient (Wildman–Crippen LogP) is 3.14. The minimum Gasteiger partial charge on any atom is -0.335 e. The predicted molar refractivity (Wildman–Crippen MR) is 68.1 cm³/mol. The fraction of sp³-hybridized carbons (Fsp3) is 0.357. The summed E-state index contributed by atoms with van der Waals surface area (Å²) in [6.07, 6.45) is 8.48. The van der Waals surface area contributed by atoms with Crippen LogP contribution in [0.5, 0.6) is 0 Å². The number of aromatic nitrogens is 1. The van der Waals surface area contributed by atoms with Crippen LogP contribution in [0.15, 0.2) is 36.7 Å². The molecule has 3 rings (SSSR count). The standard InChI is InChI=1S/C14H16N2O/c17-14(15-13-7-3-4-8-13)16-9-11-5-1-2-6-12(11)10-16/h1-2,5-6,9-10,13H,3-4,7-8H2,(H,15,17). The molecular weight excluding hydrogens is 212 g/mol. The number of carbonyl (C=O) groups is 1. The number of benzene rings is 1. The van der Waals surface area contributed by atoms with Crippen molar-refractivity contribution in [1.82, 2.24) is 9.88 Å². The van der Waals surface area contributed by atoms with Crippen LogP contribution in [-0.4, -0.2) is 16.6 Å². The van der Waals surface area contributed by atoms with Crippen molar-refractivity contribution >= 4 is 16.8 Å². The van der Waals surface area contributed by atoms with Gasteiger partial charge in [0.1, 0.15) is 0 Å². The van der Waals surface area contributed by atoms with Crippen molar-refractivity contribution in [3.63, 3.8) is 0 Å². The second-order valence-corrected chi connectivity index (χ2v) is 4.73. The molecule has 0 aliphatic heterocycles. The first-order chi connectivity index (χ1) is 8.33. The van der Waals surface area contributed by atoms with E-state index in [0.29, 0.717) is 6.04 Å². The average Bonchev–Trinajstić information content (AvgIpc) is 2.96. The normalized spacial score (nSPS) is 16.5. The van der Waals surface area contributed by atoms with Crippen LogP contribution >= 0.6 is 0 Å². The second kappa shape index (κ2) is 4.24. The Labute approximate surface area is 100 Å². The van der Waals surface area contributed by atoms with E-state index < -0.39 is 0 Å². The molecule has 1 aromatic heterocycles. The van der Waals surface area contributed by atoms with Gasteiger partial charge in [-0.15, -0.1) is 0 Å². The molecule has 1 aliphatic rings. The van der Waals surface area contributed by atoms with Gasteiger partial charge in [-0.3, -0.25) is 4.57 Å². The van der Waals surface area contributed by atoms with Crippen LogP contribution in [0.1, 0.15) is 25.7 Å². The molecule has 1 aromatic carbocycles. The molecule has 0 radical (unpaired) electrons. The summed E-state index contributed by atoms with van der Waals surface area (Å²) in [5.74, 6) is 0. The number of nitrogens with zero attached hydrogens (tertiary/aromatic N) is 1. The lowest BCUT2D eigenvalue weighted by molar-refractivity contribution is 0.239. The van der Waals surface area contributed by atoms with E-state index in [0.717, 1.165) is 23.6 Å². The van der Waals surface area contributed by atoms with Crippen molar-refractivity contribution in [3.05, 3.63) is 36.7 Å². The highest BCUT2D eigenvalue weighted by atomic mass is 16.2. The van der Waals surface area contributed by atoms with E-state index >= 15 is 0 Å². The van der Waals surface area contributed by atoms with Crippen LogP contribution in [0.2, 0.25) is 0 Å². The minimum absolute atomic E-state index is 0.00639. The first-order valence-corrected chi connectivity index (χ1v) is 6.20. The van der Waals surface area contributed by atoms with Crippen molar-refractivity contribution in [3.8, 4) is 0 Å². The fourth-order valence-corrected chi connectivity index (χ4v) is 2.52. The lowest BCUT2D eigenvalue weighted by atomic mass is 10.2. The summed E-state index contributed by atoms with van der Waals surface area (Å²) in [6, 6.07) is 8.38. The van der Waals surface area contributed by atoms with Gasteiger partial charge in [-0.25, -0.2) is 4.79 Å². The van der Waals surface area contributed by atoms with Gasteiger partial charge in [0.05, 0.1) is 0 Å². The summed E-state index contributed by atoms with van der Waals surface area (Å²) >= 11 is 0. The molecule has 0 bridgehead atoms. The van der Waals surface area contributed by atoms with Gasteiger partial charge < -0.3 is 5.32 Å². The molecule has 0 spiro atoms. The maximum atomic E-state index is 12.0. The lowest BCUT2D eigenvalue weighted by Gasteiger charge is -2.11. The summed E-state index contributed by atoms with van der Waals surface area (Å²) in [6.45, 7) is 0. The number of carbonyl (C=O) groups excluding carboxylic acids is 1. The Hall–Kier alpha value is -1.77. The van der Waals surface area contributed by atoms with E-state index in [1.54, 1.807) is 4.57 Å². The highest BCUT2D eigenvalue weighted by Crippen LogP contribution is 2.18. The van der Waals surface area contributed by atoms with Crippen molar-refractivity contribution in [2.45, 2.75) is 31.7 Å². The van der Waals surface area contributed by atoms with Crippen LogP contribution in [0.4, 0.5) is 4.79 Å². The summed E-state index contributed by atoms with van der Waals surface area (Å²) in [4.78, 5) is 12.0. The fourth-order valence-electron chi connectivity index (χ4n) is 2.52. The summed E-state index contributed by atoms with van der Waals surface area (Å²) in [7, 11) is 0. The van der Waals surface area contributed by atoms with Crippen LogP contribution in [0.25, 0.3) is 10.8 Å². The molecule has 0 atom stereocenters. The van der Waals surface area contributed by atoms with Gasteiger partial charge in [-0.1, -0.05) is 37.1 Å². The lowest BCUT2D eigenvalue weighted by Crippen LogP contribution is -2.35. The van der Waals surface area contributed by atoms with Gasteiger partial charge in [-0.05, 0) is 23.6 Å². The largest absolute Gasteiger partial charge is 0.335 e. The molecule has 3 nitrogen and oxygen atoms in total. The third-order valence-electron chi connectivity index (χ3n) is 3.47. The van der Waals surface area contributed by atoms with Crippen LogP contribution in [-0.2, 0) is 0 Å². The van der Waals surface area contributed by atoms with Gasteiger partial charge in [0.25, 0.3) is 0 Å². The summed E-state index contributed by atoms with van der Waals surface area (Å²) in [5.41, 5.74) is 0. The first-order valence-electron chi connectivity index (χ1n) is 6.20. The number of hydrogen-bond acceptors (Lipinski definition) is 1. The second-order valence-electron chi connectivity index (χ2n) is 4.73. The Kier molecular flexibility index (Phi) is 2.59. The average molecular weight is 228 g/mol. The molecule has 1 heterocycles. The van der Waals surface area contributed by atoms with Crippen molar-refractivity contribution in [1.29, 1.82) is 0 Å². The number of nitrogens with one attached hydrogen (secondary N) is 1. The Morgan fingerprint density at radius 1 is 1.12 bits per heavy atom. The van der Waals surface area contributed by atoms with Gasteiger partial charge in [-0.2, -0.15) is 0 Å². The molecule has 1 saturated carbocycles. The molecule has 1 amide bonds. The molecule has 0 unspecified atom stereocenters. The Balaban J connectivity index is 1.80. The summed E-state index contributed by atoms with van der Waals surface area (Å²) in [5, 5.41) is 5.29. The van der Waals surface area contributed by atoms with Gasteiger partial charge in [0.15, 0.2) is 0 Å². The third kappa shape index (κ3) is 2.05. The van der Waals surface area contributed by atoms with E-state index in [-0.39, 0.29) is 6.03 Å². The topological polar surface area (TPSA) is 34.0 Å². The van der Waals surface area contributed by atoms with E-state index in [1.807, 2.05) is 36.7 Å². The molecule has 17 heavy (non-hydrogen) atoms. The zero-order chi connectivity index (χ0) is 11.7. The monoisotopic (exact) mass is 228 g/mol. The Morgan fingerprint density at radius 3 is 2.29 bits per heavy atom. The minimum atomic E-state index is -0.00639. The maximum Gasteiger partial charge on any atom is 0.325 e. The van der Waals surface area contributed by atoms with Crippen molar-refractivity contribution < 1.29 is 4.79 Å². The molecule has 3 heteroatoms. The highest BCUT2D eigenvalue weighted by Gasteiger charge is 2.17. The molecule has 88 valence electrons. The molecular formula is C14H16N2O. The Bertz CT molecular complexity index is 505. The number of fused-ring (bicyclic) bond motifs is 1. The molecule has 0 saturated heterocycles.